The molecule has 3 atom stereocenters. The third kappa shape index (κ3) is 4.17. The summed E-state index contributed by atoms with van der Waals surface area (Å²) in [5, 5.41) is 30.7. The van der Waals surface area contributed by atoms with Gasteiger partial charge in [-0.3, -0.25) is 9.69 Å². The first-order chi connectivity index (χ1) is 9.91. The van der Waals surface area contributed by atoms with Gasteiger partial charge in [0.15, 0.2) is 0 Å². The number of carboxylic acids is 1. The molecule has 2 rings (SSSR count). The molecule has 2 aliphatic heterocycles. The highest BCUT2D eigenvalue weighted by atomic mass is 16.4. The molecule has 2 saturated heterocycles. The van der Waals surface area contributed by atoms with Gasteiger partial charge in [-0.2, -0.15) is 0 Å². The number of hydrogen-bond donors (Lipinski definition) is 5. The number of carbonyl (C=O) groups is 1. The predicted molar refractivity (Wildman–Crippen MR) is 79.7 cm³/mol. The van der Waals surface area contributed by atoms with Gasteiger partial charge in [-0.15, -0.1) is 0 Å². The number of nitrogens with two attached hydrogens (primary N) is 1. The standard InChI is InChI=1S/C13H26BN3O4/c15-13(12(18)19)9-17(8-11-4-2-6-16-11)7-10(13)3-1-5-14(20)21/h10-11,16,20-21H,1-9,15H2,(H,18,19)/t10-,11+,13-/m0/s1. The van der Waals surface area contributed by atoms with E-state index in [1.165, 1.54) is 6.42 Å². The molecule has 0 amide bonds. The average Bonchev–Trinajstić information content (AvgIpc) is 2.99. The summed E-state index contributed by atoms with van der Waals surface area (Å²) in [5.74, 6) is -1.10. The van der Waals surface area contributed by atoms with Crippen LogP contribution >= 0.6 is 0 Å². The molecule has 0 aliphatic carbocycles. The van der Waals surface area contributed by atoms with Gasteiger partial charge in [0.2, 0.25) is 0 Å². The number of carboxylic acid groups (broad SMARTS) is 1. The Morgan fingerprint density at radius 3 is 2.81 bits per heavy atom. The van der Waals surface area contributed by atoms with Crippen molar-refractivity contribution in [2.24, 2.45) is 11.7 Å². The van der Waals surface area contributed by atoms with Crippen LogP contribution in [0.1, 0.15) is 25.7 Å². The smallest absolute Gasteiger partial charge is 0.451 e. The molecule has 0 bridgehead atoms. The van der Waals surface area contributed by atoms with Crippen molar-refractivity contribution in [3.05, 3.63) is 0 Å². The van der Waals surface area contributed by atoms with E-state index in [-0.39, 0.29) is 12.2 Å². The number of hydrogen-bond acceptors (Lipinski definition) is 6. The molecule has 8 heteroatoms. The van der Waals surface area contributed by atoms with Crippen LogP contribution in [0.25, 0.3) is 0 Å². The molecule has 0 aromatic carbocycles. The molecule has 21 heavy (non-hydrogen) atoms. The van der Waals surface area contributed by atoms with Crippen molar-refractivity contribution in [3.8, 4) is 0 Å². The Kier molecular flexibility index (Phi) is 5.62. The van der Waals surface area contributed by atoms with E-state index in [0.29, 0.717) is 32.0 Å². The van der Waals surface area contributed by atoms with E-state index >= 15 is 0 Å². The molecular formula is C13H26BN3O4. The van der Waals surface area contributed by atoms with Crippen molar-refractivity contribution in [1.82, 2.24) is 10.2 Å². The zero-order valence-corrected chi connectivity index (χ0v) is 12.4. The molecule has 0 saturated carbocycles. The normalized spacial score (nSPS) is 33.5. The van der Waals surface area contributed by atoms with Gasteiger partial charge < -0.3 is 26.2 Å². The Balaban J connectivity index is 1.91. The Labute approximate surface area is 125 Å². The summed E-state index contributed by atoms with van der Waals surface area (Å²) in [6.07, 6.45) is 3.74. The average molecular weight is 299 g/mol. The number of nitrogens with zero attached hydrogens (tertiary/aromatic N) is 1. The largest absolute Gasteiger partial charge is 0.480 e. The molecule has 2 fully saturated rings. The lowest BCUT2D eigenvalue weighted by Gasteiger charge is -2.25. The van der Waals surface area contributed by atoms with Crippen LogP contribution < -0.4 is 11.1 Å². The summed E-state index contributed by atoms with van der Waals surface area (Å²) < 4.78 is 0. The Morgan fingerprint density at radius 2 is 2.24 bits per heavy atom. The fourth-order valence-electron chi connectivity index (χ4n) is 3.54. The number of rotatable bonds is 7. The van der Waals surface area contributed by atoms with Crippen LogP contribution in [0.5, 0.6) is 0 Å². The van der Waals surface area contributed by atoms with Crippen LogP contribution in [-0.2, 0) is 4.79 Å². The van der Waals surface area contributed by atoms with Crippen molar-refractivity contribution in [2.75, 3.05) is 26.2 Å². The Bertz CT molecular complexity index is 365. The van der Waals surface area contributed by atoms with E-state index in [2.05, 4.69) is 10.2 Å². The summed E-state index contributed by atoms with van der Waals surface area (Å²) in [6.45, 7) is 2.91. The van der Waals surface area contributed by atoms with Crippen molar-refractivity contribution in [1.29, 1.82) is 0 Å². The minimum atomic E-state index is -1.33. The molecule has 6 N–H and O–H groups in total. The molecule has 2 aliphatic rings. The summed E-state index contributed by atoms with van der Waals surface area (Å²) in [7, 11) is -1.33. The SMILES string of the molecule is N[C@@]1(C(=O)O)CN(C[C@H]2CCCN2)C[C@@H]1CCCB(O)O. The van der Waals surface area contributed by atoms with Gasteiger partial charge in [-0.25, -0.2) is 0 Å². The second kappa shape index (κ2) is 7.06. The first-order valence-corrected chi connectivity index (χ1v) is 7.76. The van der Waals surface area contributed by atoms with Gasteiger partial charge in [0.1, 0.15) is 5.54 Å². The van der Waals surface area contributed by atoms with Gasteiger partial charge in [0.05, 0.1) is 0 Å². The van der Waals surface area contributed by atoms with E-state index in [0.717, 1.165) is 19.5 Å². The zero-order chi connectivity index (χ0) is 15.5. The highest BCUT2D eigenvalue weighted by molar-refractivity contribution is 6.40. The van der Waals surface area contributed by atoms with Crippen molar-refractivity contribution >= 4 is 13.1 Å². The minimum Gasteiger partial charge on any atom is -0.480 e. The first kappa shape index (κ1) is 16.7. The summed E-state index contributed by atoms with van der Waals surface area (Å²) in [5.41, 5.74) is 4.92. The summed E-state index contributed by atoms with van der Waals surface area (Å²) in [6, 6.07) is 0.432. The second-order valence-electron chi connectivity index (χ2n) is 6.44. The topological polar surface area (TPSA) is 119 Å². The van der Waals surface area contributed by atoms with Gasteiger partial charge in [0, 0.05) is 31.6 Å². The monoisotopic (exact) mass is 299 g/mol. The van der Waals surface area contributed by atoms with Crippen LogP contribution in [0.3, 0.4) is 0 Å². The van der Waals surface area contributed by atoms with Crippen molar-refractivity contribution in [2.45, 2.75) is 43.6 Å². The minimum absolute atomic E-state index is 0.143. The van der Waals surface area contributed by atoms with Crippen molar-refractivity contribution < 1.29 is 19.9 Å². The third-order valence-electron chi connectivity index (χ3n) is 4.75. The van der Waals surface area contributed by atoms with E-state index < -0.39 is 18.6 Å². The maximum absolute atomic E-state index is 11.5. The van der Waals surface area contributed by atoms with E-state index in [4.69, 9.17) is 15.8 Å². The van der Waals surface area contributed by atoms with E-state index in [1.807, 2.05) is 0 Å². The lowest BCUT2D eigenvalue weighted by atomic mass is 9.78. The number of nitrogens with one attached hydrogen (secondary N) is 1. The highest BCUT2D eigenvalue weighted by Crippen LogP contribution is 2.31. The van der Waals surface area contributed by atoms with Gasteiger partial charge in [0.25, 0.3) is 0 Å². The van der Waals surface area contributed by atoms with Gasteiger partial charge in [-0.05, 0) is 32.1 Å². The molecule has 0 aromatic rings. The molecule has 0 aromatic heterocycles. The second-order valence-corrected chi connectivity index (χ2v) is 6.44. The molecule has 0 radical (unpaired) electrons. The van der Waals surface area contributed by atoms with Gasteiger partial charge in [-0.1, -0.05) is 6.42 Å². The number of aliphatic carboxylic acids is 1. The molecule has 7 nitrogen and oxygen atoms in total. The molecule has 2 heterocycles. The predicted octanol–water partition coefficient (Wildman–Crippen LogP) is -1.29. The zero-order valence-electron chi connectivity index (χ0n) is 12.4. The number of likely N-dealkylation sites (tertiary alicyclic amines) is 1. The third-order valence-corrected chi connectivity index (χ3v) is 4.75. The maximum Gasteiger partial charge on any atom is 0.451 e. The Morgan fingerprint density at radius 1 is 1.48 bits per heavy atom. The van der Waals surface area contributed by atoms with Crippen LogP contribution in [-0.4, -0.2) is 70.9 Å². The molecule has 120 valence electrons. The quantitative estimate of drug-likeness (QED) is 0.371. The van der Waals surface area contributed by atoms with Crippen LogP contribution in [0.4, 0.5) is 0 Å². The Hall–Kier alpha value is -0.665. The van der Waals surface area contributed by atoms with E-state index in [1.54, 1.807) is 0 Å². The van der Waals surface area contributed by atoms with Crippen LogP contribution in [0.2, 0.25) is 6.32 Å². The fraction of sp³-hybridized carbons (Fsp3) is 0.923. The molecule has 0 spiro atoms. The lowest BCUT2D eigenvalue weighted by molar-refractivity contribution is -0.144. The van der Waals surface area contributed by atoms with E-state index in [9.17, 15) is 9.90 Å². The fourth-order valence-corrected chi connectivity index (χ4v) is 3.54. The molecular weight excluding hydrogens is 273 g/mol. The van der Waals surface area contributed by atoms with Crippen LogP contribution in [0.15, 0.2) is 0 Å². The maximum atomic E-state index is 11.5. The van der Waals surface area contributed by atoms with Crippen molar-refractivity contribution in [3.63, 3.8) is 0 Å². The van der Waals surface area contributed by atoms with Crippen LogP contribution in [0, 0.1) is 5.92 Å². The highest BCUT2D eigenvalue weighted by Gasteiger charge is 2.49. The van der Waals surface area contributed by atoms with Gasteiger partial charge >= 0.3 is 13.1 Å². The lowest BCUT2D eigenvalue weighted by Crippen LogP contribution is -2.55. The molecule has 0 unspecified atom stereocenters. The first-order valence-electron chi connectivity index (χ1n) is 7.76. The summed E-state index contributed by atoms with van der Waals surface area (Å²) >= 11 is 0. The summed E-state index contributed by atoms with van der Waals surface area (Å²) in [4.78, 5) is 13.7.